The molecule has 9 nitrogen and oxygen atoms in total. The van der Waals surface area contributed by atoms with Gasteiger partial charge in [0.05, 0.1) is 0 Å². The van der Waals surface area contributed by atoms with Gasteiger partial charge in [-0.05, 0) is 5.57 Å². The molecule has 1 aliphatic carbocycles. The summed E-state index contributed by atoms with van der Waals surface area (Å²) in [4.78, 5) is 26.0. The van der Waals surface area contributed by atoms with E-state index in [-0.39, 0.29) is 16.6 Å². The summed E-state index contributed by atoms with van der Waals surface area (Å²) in [5.41, 5.74) is -0.501. The Morgan fingerprint density at radius 1 is 1.64 bits per heavy atom. The topological polar surface area (TPSA) is 124 Å². The number of hydrogen-bond acceptors (Lipinski definition) is 8. The largest absolute Gasteiger partial charge is 0.477 e. The Hall–Kier alpha value is -2.54. The molecule has 0 saturated carbocycles. The van der Waals surface area contributed by atoms with Crippen molar-refractivity contribution in [2.75, 3.05) is 11.5 Å². The molecule has 0 radical (unpaired) electrons. The van der Waals surface area contributed by atoms with Crippen LogP contribution in [0.3, 0.4) is 0 Å². The van der Waals surface area contributed by atoms with Gasteiger partial charge in [-0.3, -0.25) is 9.69 Å². The monoisotopic (exact) mass is 432 g/mol. The average Bonchev–Trinajstić information content (AvgIpc) is 3.39. The van der Waals surface area contributed by atoms with Crippen LogP contribution in [0.2, 0.25) is 0 Å². The first kappa shape index (κ1) is 18.8. The fourth-order valence-corrected chi connectivity index (χ4v) is 5.53. The Morgan fingerprint density at radius 2 is 2.39 bits per heavy atom. The van der Waals surface area contributed by atoms with Crippen LogP contribution in [0, 0.1) is 28.6 Å². The number of aryl methyl sites for hydroxylation is 1. The molecule has 4 rings (SSSR count). The van der Waals surface area contributed by atoms with Crippen molar-refractivity contribution >= 4 is 52.6 Å². The molecular weight excluding hydrogens is 420 g/mol. The number of carbonyl (C=O) groups is 2. The van der Waals surface area contributed by atoms with Gasteiger partial charge in [-0.15, -0.1) is 22.0 Å². The van der Waals surface area contributed by atoms with E-state index >= 15 is 0 Å². The maximum atomic E-state index is 12.7. The summed E-state index contributed by atoms with van der Waals surface area (Å²) >= 11 is 8.01. The van der Waals surface area contributed by atoms with Crippen LogP contribution in [0.4, 0.5) is 0 Å². The number of rotatable bonds is 6. The number of thioether (sulfide) groups is 2. The fourth-order valence-electron chi connectivity index (χ4n) is 2.88. The lowest BCUT2D eigenvalue weighted by Crippen LogP contribution is -2.71. The maximum absolute atomic E-state index is 12.7. The summed E-state index contributed by atoms with van der Waals surface area (Å²) in [5, 5.41) is 29.7. The minimum Gasteiger partial charge on any atom is -0.477 e. The lowest BCUT2D eigenvalue weighted by molar-refractivity contribution is -0.148. The summed E-state index contributed by atoms with van der Waals surface area (Å²) in [5.74, 6) is 4.61. The van der Waals surface area contributed by atoms with Crippen LogP contribution in [0.15, 0.2) is 22.8 Å². The highest BCUT2D eigenvalue weighted by molar-refractivity contribution is 8.01. The van der Waals surface area contributed by atoms with Gasteiger partial charge in [0.25, 0.3) is 5.91 Å². The number of amides is 1. The first-order valence-corrected chi connectivity index (χ1v) is 10.5. The quantitative estimate of drug-likeness (QED) is 0.274. The summed E-state index contributed by atoms with van der Waals surface area (Å²) in [7, 11) is 1.80. The van der Waals surface area contributed by atoms with Gasteiger partial charge in [0.1, 0.15) is 34.5 Å². The Bertz CT molecular complexity index is 1040. The Morgan fingerprint density at radius 3 is 2.96 bits per heavy atom. The van der Waals surface area contributed by atoms with Gasteiger partial charge in [0.2, 0.25) is 5.41 Å². The number of nitrogens with zero attached hydrogens (tertiary/aromatic N) is 5. The number of carbonyl (C=O) groups excluding carboxylic acids is 1. The number of nitrogens with one attached hydrogen (secondary N) is 1. The summed E-state index contributed by atoms with van der Waals surface area (Å²) < 4.78 is 1.74. The van der Waals surface area contributed by atoms with E-state index in [1.54, 1.807) is 17.9 Å². The summed E-state index contributed by atoms with van der Waals surface area (Å²) in [6.45, 7) is 0. The second-order valence-electron chi connectivity index (χ2n) is 6.24. The second kappa shape index (κ2) is 6.81. The SMILES string of the molecule is Cn1cnnc1SCC1=C(C(=O)O)N2C(=O)C(NC(=S)C3(C#N)C#C3)[C@@H]2SC1. The Kier molecular flexibility index (Phi) is 4.57. The Labute approximate surface area is 173 Å². The number of aromatic nitrogens is 3. The zero-order valence-corrected chi connectivity index (χ0v) is 16.8. The first-order chi connectivity index (χ1) is 13.4. The van der Waals surface area contributed by atoms with Gasteiger partial charge in [-0.1, -0.05) is 35.8 Å². The summed E-state index contributed by atoms with van der Waals surface area (Å²) in [6.07, 6.45) is 1.57. The molecule has 1 aromatic heterocycles. The molecule has 2 N–H and O–H groups in total. The first-order valence-electron chi connectivity index (χ1n) is 8.01. The lowest BCUT2D eigenvalue weighted by atomic mass is 10.00. The van der Waals surface area contributed by atoms with Crippen LogP contribution in [-0.2, 0) is 16.6 Å². The van der Waals surface area contributed by atoms with Crippen LogP contribution in [0.25, 0.3) is 0 Å². The van der Waals surface area contributed by atoms with E-state index in [1.165, 1.54) is 28.4 Å². The number of carboxylic acid groups (broad SMARTS) is 1. The molecule has 2 atom stereocenters. The lowest BCUT2D eigenvalue weighted by Gasteiger charge is -2.50. The minimum absolute atomic E-state index is 0.00468. The molecule has 1 aromatic rings. The van der Waals surface area contributed by atoms with Gasteiger partial charge < -0.3 is 15.0 Å². The normalized spacial score (nSPS) is 23.7. The predicted octanol–water partition coefficient (Wildman–Crippen LogP) is -0.0264. The minimum atomic E-state index is -1.15. The van der Waals surface area contributed by atoms with E-state index in [0.29, 0.717) is 22.2 Å². The zero-order valence-electron chi connectivity index (χ0n) is 14.4. The molecule has 3 heterocycles. The van der Waals surface area contributed by atoms with Gasteiger partial charge in [0, 0.05) is 18.6 Å². The third kappa shape index (κ3) is 2.94. The number of carboxylic acids is 1. The summed E-state index contributed by atoms with van der Waals surface area (Å²) in [6, 6.07) is 1.31. The van der Waals surface area contributed by atoms with Crippen molar-refractivity contribution in [3.8, 4) is 17.9 Å². The van der Waals surface area contributed by atoms with Crippen LogP contribution in [0.5, 0.6) is 0 Å². The number of thiocarbonyl (C=S) groups is 1. The molecule has 1 unspecified atom stereocenters. The van der Waals surface area contributed by atoms with Crippen LogP contribution < -0.4 is 5.32 Å². The van der Waals surface area contributed by atoms with Gasteiger partial charge >= 0.3 is 5.97 Å². The number of nitriles is 1. The molecule has 0 aromatic carbocycles. The van der Waals surface area contributed by atoms with Crippen LogP contribution >= 0.6 is 35.7 Å². The number of aliphatic carboxylic acids is 1. The van der Waals surface area contributed by atoms with Crippen molar-refractivity contribution < 1.29 is 14.7 Å². The number of fused-ring (bicyclic) bond motifs is 1. The van der Waals surface area contributed by atoms with Crippen molar-refractivity contribution in [2.24, 2.45) is 12.5 Å². The van der Waals surface area contributed by atoms with Gasteiger partial charge in [0.15, 0.2) is 5.16 Å². The van der Waals surface area contributed by atoms with E-state index in [4.69, 9.17) is 17.5 Å². The van der Waals surface area contributed by atoms with Crippen molar-refractivity contribution in [3.63, 3.8) is 0 Å². The standard InChI is InChI=1S/C16H12N6O3S3/c1-21-7-18-20-15(21)28-5-8-4-27-12-9(11(23)22(12)10(8)13(24)25)19-14(26)16(6-17)2-3-16/h7,9,12H,4-5H2,1H3,(H,19,26)(H,24,25)/t9?,12-/m0/s1. The van der Waals surface area contributed by atoms with E-state index in [9.17, 15) is 14.7 Å². The highest BCUT2D eigenvalue weighted by Gasteiger charge is 2.55. The van der Waals surface area contributed by atoms with Gasteiger partial charge in [-0.25, -0.2) is 4.79 Å². The Balaban J connectivity index is 1.49. The molecule has 142 valence electrons. The van der Waals surface area contributed by atoms with Crippen molar-refractivity contribution in [3.05, 3.63) is 17.6 Å². The molecule has 3 aliphatic rings. The van der Waals surface area contributed by atoms with Gasteiger partial charge in [-0.2, -0.15) is 5.26 Å². The third-order valence-electron chi connectivity index (χ3n) is 4.47. The number of β-lactam (4-membered cyclic amide) rings is 1. The smallest absolute Gasteiger partial charge is 0.352 e. The maximum Gasteiger partial charge on any atom is 0.352 e. The van der Waals surface area contributed by atoms with Crippen molar-refractivity contribution in [2.45, 2.75) is 16.6 Å². The molecule has 1 saturated heterocycles. The molecule has 2 aliphatic heterocycles. The van der Waals surface area contributed by atoms with Crippen molar-refractivity contribution in [1.29, 1.82) is 5.26 Å². The second-order valence-corrected chi connectivity index (χ2v) is 8.70. The van der Waals surface area contributed by atoms with E-state index < -0.39 is 22.8 Å². The molecule has 1 fully saturated rings. The van der Waals surface area contributed by atoms with E-state index in [2.05, 4.69) is 27.4 Å². The van der Waals surface area contributed by atoms with E-state index in [1.807, 2.05) is 6.07 Å². The third-order valence-corrected chi connectivity index (χ3v) is 7.35. The zero-order chi connectivity index (χ0) is 20.1. The molecular formula is C16H12N6O3S3. The molecule has 28 heavy (non-hydrogen) atoms. The molecule has 0 bridgehead atoms. The van der Waals surface area contributed by atoms with Crippen LogP contribution in [0.1, 0.15) is 0 Å². The molecule has 12 heteroatoms. The number of hydrogen-bond donors (Lipinski definition) is 2. The highest BCUT2D eigenvalue weighted by Crippen LogP contribution is 2.42. The highest BCUT2D eigenvalue weighted by atomic mass is 32.2. The molecule has 1 amide bonds. The van der Waals surface area contributed by atoms with Crippen molar-refractivity contribution in [1.82, 2.24) is 25.0 Å². The molecule has 0 spiro atoms. The predicted molar refractivity (Wildman–Crippen MR) is 105 cm³/mol. The fraction of sp³-hybridized carbons (Fsp3) is 0.375. The van der Waals surface area contributed by atoms with Crippen LogP contribution in [-0.4, -0.2) is 64.6 Å². The average molecular weight is 433 g/mol. The van der Waals surface area contributed by atoms with E-state index in [0.717, 1.165) is 0 Å².